The summed E-state index contributed by atoms with van der Waals surface area (Å²) in [4.78, 5) is 2.44. The van der Waals surface area contributed by atoms with Gasteiger partial charge in [0.15, 0.2) is 0 Å². The second kappa shape index (κ2) is 4.81. The Kier molecular flexibility index (Phi) is 3.38. The minimum atomic E-state index is -0.0880. The topological polar surface area (TPSA) is 15.3 Å². The molecule has 0 radical (unpaired) electrons. The van der Waals surface area contributed by atoms with E-state index in [1.165, 1.54) is 12.8 Å². The van der Waals surface area contributed by atoms with E-state index in [2.05, 4.69) is 31.0 Å². The summed E-state index contributed by atoms with van der Waals surface area (Å²) in [6.45, 7) is 9.48. The maximum Gasteiger partial charge on any atom is 0.127 e. The largest absolute Gasteiger partial charge is 0.308 e. The van der Waals surface area contributed by atoms with Gasteiger partial charge in [0.2, 0.25) is 0 Å². The van der Waals surface area contributed by atoms with Crippen molar-refractivity contribution in [3.63, 3.8) is 0 Å². The second-order valence-corrected chi connectivity index (χ2v) is 7.31. The van der Waals surface area contributed by atoms with Crippen LogP contribution >= 0.6 is 0 Å². The van der Waals surface area contributed by atoms with E-state index in [4.69, 9.17) is 0 Å². The van der Waals surface area contributed by atoms with Crippen LogP contribution in [-0.4, -0.2) is 29.1 Å². The van der Waals surface area contributed by atoms with Crippen LogP contribution in [0.2, 0.25) is 0 Å². The predicted molar refractivity (Wildman–Crippen MR) is 80.0 cm³/mol. The smallest absolute Gasteiger partial charge is 0.127 e. The normalized spacial score (nSPS) is 30.4. The molecule has 2 aliphatic rings. The van der Waals surface area contributed by atoms with Gasteiger partial charge in [0.1, 0.15) is 5.82 Å². The number of hydrogen-bond acceptors (Lipinski definition) is 2. The highest BCUT2D eigenvalue weighted by atomic mass is 19.1. The fourth-order valence-corrected chi connectivity index (χ4v) is 3.29. The van der Waals surface area contributed by atoms with Crippen molar-refractivity contribution in [3.05, 3.63) is 35.6 Å². The third kappa shape index (κ3) is 2.61. The molecule has 3 rings (SSSR count). The minimum absolute atomic E-state index is 0.0662. The first-order valence-corrected chi connectivity index (χ1v) is 7.64. The number of benzene rings is 1. The lowest BCUT2D eigenvalue weighted by atomic mass is 9.86. The first kappa shape index (κ1) is 14.0. The van der Waals surface area contributed by atoms with E-state index in [0.29, 0.717) is 6.54 Å². The lowest BCUT2D eigenvalue weighted by molar-refractivity contribution is 0.0171. The number of halogens is 1. The fourth-order valence-electron chi connectivity index (χ4n) is 3.29. The Balaban J connectivity index is 1.80. The molecule has 2 fully saturated rings. The molecule has 0 bridgehead atoms. The molecule has 1 N–H and O–H groups in total. The monoisotopic (exact) mass is 276 g/mol. The third-order valence-corrected chi connectivity index (χ3v) is 5.10. The molecule has 1 aromatic carbocycles. The number of hydrogen-bond donors (Lipinski definition) is 1. The number of nitrogens with one attached hydrogen (secondary N) is 1. The van der Waals surface area contributed by atoms with Gasteiger partial charge in [-0.25, -0.2) is 4.39 Å². The summed E-state index contributed by atoms with van der Waals surface area (Å²) in [5.74, 6) is 0.705. The van der Waals surface area contributed by atoms with Gasteiger partial charge in [0, 0.05) is 36.3 Å². The van der Waals surface area contributed by atoms with Crippen LogP contribution in [0.3, 0.4) is 0 Å². The minimum Gasteiger partial charge on any atom is -0.308 e. The van der Waals surface area contributed by atoms with E-state index in [0.717, 1.165) is 24.6 Å². The summed E-state index contributed by atoms with van der Waals surface area (Å²) >= 11 is 0. The van der Waals surface area contributed by atoms with Gasteiger partial charge in [-0.3, -0.25) is 4.90 Å². The van der Waals surface area contributed by atoms with Crippen molar-refractivity contribution in [2.45, 2.75) is 51.2 Å². The summed E-state index contributed by atoms with van der Waals surface area (Å²) < 4.78 is 13.9. The van der Waals surface area contributed by atoms with Crippen molar-refractivity contribution in [1.82, 2.24) is 10.2 Å². The highest BCUT2D eigenvalue weighted by Crippen LogP contribution is 2.42. The molecule has 0 spiro atoms. The first-order valence-electron chi connectivity index (χ1n) is 7.64. The highest BCUT2D eigenvalue weighted by Gasteiger charge is 2.48. The van der Waals surface area contributed by atoms with Gasteiger partial charge in [-0.1, -0.05) is 18.2 Å². The van der Waals surface area contributed by atoms with E-state index >= 15 is 0 Å². The molecule has 110 valence electrons. The fraction of sp³-hybridized carbons (Fsp3) is 0.647. The highest BCUT2D eigenvalue weighted by molar-refractivity contribution is 5.18. The van der Waals surface area contributed by atoms with Gasteiger partial charge in [-0.15, -0.1) is 0 Å². The lowest BCUT2D eigenvalue weighted by Crippen LogP contribution is -2.67. The molecule has 1 saturated heterocycles. The van der Waals surface area contributed by atoms with E-state index in [9.17, 15) is 4.39 Å². The molecular weight excluding hydrogens is 251 g/mol. The molecule has 0 aromatic heterocycles. The van der Waals surface area contributed by atoms with Crippen LogP contribution in [0.4, 0.5) is 4.39 Å². The molecule has 1 aromatic rings. The molecule has 1 heterocycles. The van der Waals surface area contributed by atoms with Gasteiger partial charge >= 0.3 is 0 Å². The molecular formula is C17H25FN2. The van der Waals surface area contributed by atoms with Crippen molar-refractivity contribution in [2.75, 3.05) is 13.1 Å². The molecule has 3 heteroatoms. The Bertz CT molecular complexity index is 496. The molecule has 1 aliphatic heterocycles. The van der Waals surface area contributed by atoms with Crippen molar-refractivity contribution in [3.8, 4) is 0 Å². The van der Waals surface area contributed by atoms with Crippen molar-refractivity contribution >= 4 is 0 Å². The zero-order chi connectivity index (χ0) is 14.4. The quantitative estimate of drug-likeness (QED) is 0.912. The predicted octanol–water partition coefficient (Wildman–Crippen LogP) is 3.18. The average molecular weight is 276 g/mol. The number of rotatable bonds is 3. The lowest BCUT2D eigenvalue weighted by Gasteiger charge is -2.51. The molecule has 2 nitrogen and oxygen atoms in total. The Labute approximate surface area is 121 Å². The number of piperazine rings is 1. The standard InChI is InChI=1S/C17H25FN2/c1-16(2)11-19-17(3,14-8-9-14)12-20(16)10-13-6-4-5-7-15(13)18/h4-7,14,19H,8-12H2,1-3H3. The maximum atomic E-state index is 13.9. The number of nitrogens with zero attached hydrogens (tertiary/aromatic N) is 1. The van der Waals surface area contributed by atoms with E-state index in [1.54, 1.807) is 12.1 Å². The molecule has 20 heavy (non-hydrogen) atoms. The van der Waals surface area contributed by atoms with Gasteiger partial charge in [-0.2, -0.15) is 0 Å². The van der Waals surface area contributed by atoms with Crippen molar-refractivity contribution in [1.29, 1.82) is 0 Å². The molecule has 1 aliphatic carbocycles. The maximum absolute atomic E-state index is 13.9. The third-order valence-electron chi connectivity index (χ3n) is 5.10. The van der Waals surface area contributed by atoms with Gasteiger partial charge < -0.3 is 5.32 Å². The van der Waals surface area contributed by atoms with E-state index in [1.807, 2.05) is 12.1 Å². The van der Waals surface area contributed by atoms with Gasteiger partial charge in [-0.05, 0) is 45.6 Å². The average Bonchev–Trinajstić information content (AvgIpc) is 3.22. The van der Waals surface area contributed by atoms with Crippen LogP contribution < -0.4 is 5.32 Å². The summed E-state index contributed by atoms with van der Waals surface area (Å²) in [6.07, 6.45) is 2.66. The van der Waals surface area contributed by atoms with Crippen LogP contribution in [0.5, 0.6) is 0 Å². The van der Waals surface area contributed by atoms with Crippen LogP contribution in [0.1, 0.15) is 39.2 Å². The van der Waals surface area contributed by atoms with Crippen LogP contribution in [0.25, 0.3) is 0 Å². The van der Waals surface area contributed by atoms with E-state index in [-0.39, 0.29) is 16.9 Å². The summed E-state index contributed by atoms with van der Waals surface area (Å²) in [5.41, 5.74) is 1.07. The van der Waals surface area contributed by atoms with Gasteiger partial charge in [0.05, 0.1) is 0 Å². The second-order valence-electron chi connectivity index (χ2n) is 7.31. The molecule has 1 unspecified atom stereocenters. The van der Waals surface area contributed by atoms with E-state index < -0.39 is 0 Å². The SMILES string of the molecule is CC1(C2CC2)CN(Cc2ccccc2F)C(C)(C)CN1. The molecule has 1 atom stereocenters. The Morgan fingerprint density at radius 3 is 2.60 bits per heavy atom. The summed E-state index contributed by atoms with van der Waals surface area (Å²) in [5, 5.41) is 3.74. The van der Waals surface area contributed by atoms with Gasteiger partial charge in [0.25, 0.3) is 0 Å². The van der Waals surface area contributed by atoms with Crippen molar-refractivity contribution < 1.29 is 4.39 Å². The Hall–Kier alpha value is -0.930. The molecule has 1 saturated carbocycles. The zero-order valence-electron chi connectivity index (χ0n) is 12.7. The summed E-state index contributed by atoms with van der Waals surface area (Å²) in [7, 11) is 0. The zero-order valence-corrected chi connectivity index (χ0v) is 12.7. The van der Waals surface area contributed by atoms with Crippen molar-refractivity contribution in [2.24, 2.45) is 5.92 Å². The Morgan fingerprint density at radius 1 is 1.25 bits per heavy atom. The Morgan fingerprint density at radius 2 is 1.95 bits per heavy atom. The van der Waals surface area contributed by atoms with Crippen LogP contribution in [0, 0.1) is 11.7 Å². The summed E-state index contributed by atoms with van der Waals surface area (Å²) in [6, 6.07) is 7.15. The van der Waals surface area contributed by atoms with Crippen LogP contribution in [-0.2, 0) is 6.54 Å². The van der Waals surface area contributed by atoms with Crippen LogP contribution in [0.15, 0.2) is 24.3 Å². The molecule has 0 amide bonds. The first-order chi connectivity index (χ1) is 9.41.